The van der Waals surface area contributed by atoms with Crippen molar-refractivity contribution >= 4 is 10.0 Å². The molecule has 2 aromatic carbocycles. The minimum atomic E-state index is -3.49. The molecule has 0 radical (unpaired) electrons. The Morgan fingerprint density at radius 2 is 1.53 bits per heavy atom. The van der Waals surface area contributed by atoms with Crippen LogP contribution in [0.2, 0.25) is 0 Å². The third kappa shape index (κ3) is 2.62. The van der Waals surface area contributed by atoms with Crippen LogP contribution >= 0.6 is 0 Å². The average molecular weight is 277 g/mol. The molecule has 0 amide bonds. The van der Waals surface area contributed by atoms with Gasteiger partial charge < -0.3 is 5.11 Å². The lowest BCUT2D eigenvalue weighted by Gasteiger charge is -2.15. The minimum Gasteiger partial charge on any atom is -0.508 e. The Bertz CT molecular complexity index is 676. The Balaban J connectivity index is 2.63. The van der Waals surface area contributed by atoms with Crippen molar-refractivity contribution in [1.82, 2.24) is 4.31 Å². The fourth-order valence-corrected chi connectivity index (χ4v) is 2.88. The van der Waals surface area contributed by atoms with Gasteiger partial charge in [-0.15, -0.1) is 0 Å². The molecule has 0 aliphatic heterocycles. The van der Waals surface area contributed by atoms with Gasteiger partial charge in [0.05, 0.1) is 4.90 Å². The van der Waals surface area contributed by atoms with Crippen molar-refractivity contribution < 1.29 is 13.5 Å². The van der Waals surface area contributed by atoms with E-state index in [1.165, 1.54) is 30.5 Å². The van der Waals surface area contributed by atoms with E-state index >= 15 is 0 Å². The van der Waals surface area contributed by atoms with Crippen LogP contribution < -0.4 is 0 Å². The second-order valence-corrected chi connectivity index (χ2v) is 6.45. The molecule has 0 aliphatic rings. The summed E-state index contributed by atoms with van der Waals surface area (Å²) >= 11 is 0. The molecule has 0 bridgehead atoms. The SMILES string of the molecule is CN(C)S(=O)(=O)c1ccccc1-c1ccc(O)cc1. The molecule has 0 saturated heterocycles. The summed E-state index contributed by atoms with van der Waals surface area (Å²) in [5.41, 5.74) is 1.37. The Morgan fingerprint density at radius 1 is 0.947 bits per heavy atom. The highest BCUT2D eigenvalue weighted by Gasteiger charge is 2.21. The van der Waals surface area contributed by atoms with Crippen molar-refractivity contribution in [2.24, 2.45) is 0 Å². The number of rotatable bonds is 3. The van der Waals surface area contributed by atoms with Crippen molar-refractivity contribution in [3.05, 3.63) is 48.5 Å². The molecular formula is C14H15NO3S. The molecule has 0 atom stereocenters. The molecule has 2 rings (SSSR count). The summed E-state index contributed by atoms with van der Waals surface area (Å²) in [7, 11) is -0.489. The first kappa shape index (κ1) is 13.6. The quantitative estimate of drug-likeness (QED) is 0.936. The molecule has 100 valence electrons. The highest BCUT2D eigenvalue weighted by Crippen LogP contribution is 2.29. The van der Waals surface area contributed by atoms with Gasteiger partial charge in [-0.3, -0.25) is 0 Å². The smallest absolute Gasteiger partial charge is 0.243 e. The zero-order valence-electron chi connectivity index (χ0n) is 10.7. The van der Waals surface area contributed by atoms with Crippen molar-refractivity contribution in [3.63, 3.8) is 0 Å². The molecule has 0 unspecified atom stereocenters. The van der Waals surface area contributed by atoms with Gasteiger partial charge in [-0.05, 0) is 23.8 Å². The molecule has 4 nitrogen and oxygen atoms in total. The second-order valence-electron chi connectivity index (χ2n) is 4.33. The summed E-state index contributed by atoms with van der Waals surface area (Å²) in [5.74, 6) is 0.150. The number of sulfonamides is 1. The average Bonchev–Trinajstić information content (AvgIpc) is 2.39. The molecule has 0 aliphatic carbocycles. The van der Waals surface area contributed by atoms with Crippen LogP contribution in [-0.2, 0) is 10.0 Å². The van der Waals surface area contributed by atoms with Gasteiger partial charge in [0.2, 0.25) is 10.0 Å². The summed E-state index contributed by atoms with van der Waals surface area (Å²) in [6, 6.07) is 13.3. The normalized spacial score (nSPS) is 11.7. The van der Waals surface area contributed by atoms with Crippen LogP contribution in [0.4, 0.5) is 0 Å². The predicted molar refractivity (Wildman–Crippen MR) is 74.4 cm³/mol. The number of phenols is 1. The van der Waals surface area contributed by atoms with E-state index in [1.54, 1.807) is 36.4 Å². The highest BCUT2D eigenvalue weighted by atomic mass is 32.2. The van der Waals surface area contributed by atoms with Gasteiger partial charge in [0.1, 0.15) is 5.75 Å². The van der Waals surface area contributed by atoms with Gasteiger partial charge in [0, 0.05) is 19.7 Å². The first-order chi connectivity index (χ1) is 8.93. The predicted octanol–water partition coefficient (Wildman–Crippen LogP) is 2.31. The lowest BCUT2D eigenvalue weighted by atomic mass is 10.1. The van der Waals surface area contributed by atoms with E-state index in [4.69, 9.17) is 0 Å². The van der Waals surface area contributed by atoms with E-state index in [0.29, 0.717) is 5.56 Å². The second kappa shape index (κ2) is 5.03. The molecule has 5 heteroatoms. The maximum atomic E-state index is 12.3. The number of phenolic OH excluding ortho intramolecular Hbond substituents is 1. The van der Waals surface area contributed by atoms with E-state index in [-0.39, 0.29) is 10.6 Å². The highest BCUT2D eigenvalue weighted by molar-refractivity contribution is 7.89. The molecule has 0 heterocycles. The number of nitrogens with zero attached hydrogens (tertiary/aromatic N) is 1. The van der Waals surface area contributed by atoms with Gasteiger partial charge in [-0.2, -0.15) is 0 Å². The van der Waals surface area contributed by atoms with E-state index in [1.807, 2.05) is 0 Å². The maximum Gasteiger partial charge on any atom is 0.243 e. The van der Waals surface area contributed by atoms with E-state index < -0.39 is 10.0 Å². The van der Waals surface area contributed by atoms with E-state index in [0.717, 1.165) is 5.56 Å². The van der Waals surface area contributed by atoms with Gasteiger partial charge in [-0.1, -0.05) is 30.3 Å². The van der Waals surface area contributed by atoms with Crippen LogP contribution in [0.15, 0.2) is 53.4 Å². The monoisotopic (exact) mass is 277 g/mol. The molecule has 0 aromatic heterocycles. The van der Waals surface area contributed by atoms with Crippen molar-refractivity contribution in [1.29, 1.82) is 0 Å². The summed E-state index contributed by atoms with van der Waals surface area (Å²) in [4.78, 5) is 0.255. The summed E-state index contributed by atoms with van der Waals surface area (Å²) < 4.78 is 25.7. The number of hydrogen-bond acceptors (Lipinski definition) is 3. The number of hydrogen-bond donors (Lipinski definition) is 1. The van der Waals surface area contributed by atoms with Crippen LogP contribution in [0.25, 0.3) is 11.1 Å². The summed E-state index contributed by atoms with van der Waals surface area (Å²) in [5, 5.41) is 9.29. The van der Waals surface area contributed by atoms with Crippen molar-refractivity contribution in [3.8, 4) is 16.9 Å². The largest absolute Gasteiger partial charge is 0.508 e. The Hall–Kier alpha value is -1.85. The first-order valence-electron chi connectivity index (χ1n) is 5.74. The van der Waals surface area contributed by atoms with E-state index in [9.17, 15) is 13.5 Å². The fourth-order valence-electron chi connectivity index (χ4n) is 1.77. The standard InChI is InChI=1S/C14H15NO3S/c1-15(2)19(17,18)14-6-4-3-5-13(14)11-7-9-12(16)10-8-11/h3-10,16H,1-2H3. The molecular weight excluding hydrogens is 262 g/mol. The van der Waals surface area contributed by atoms with Gasteiger partial charge >= 0.3 is 0 Å². The molecule has 0 spiro atoms. The lowest BCUT2D eigenvalue weighted by molar-refractivity contribution is 0.475. The molecule has 1 N–H and O–H groups in total. The van der Waals surface area contributed by atoms with Gasteiger partial charge in [0.25, 0.3) is 0 Å². The Labute approximate surface area is 113 Å². The number of benzene rings is 2. The zero-order valence-corrected chi connectivity index (χ0v) is 11.6. The first-order valence-corrected chi connectivity index (χ1v) is 7.18. The molecule has 2 aromatic rings. The topological polar surface area (TPSA) is 57.6 Å². The van der Waals surface area contributed by atoms with Crippen molar-refractivity contribution in [2.75, 3.05) is 14.1 Å². The van der Waals surface area contributed by atoms with Crippen LogP contribution in [0, 0.1) is 0 Å². The molecule has 0 fully saturated rings. The van der Waals surface area contributed by atoms with Gasteiger partial charge in [-0.25, -0.2) is 12.7 Å². The summed E-state index contributed by atoms with van der Waals surface area (Å²) in [6.45, 7) is 0. The fraction of sp³-hybridized carbons (Fsp3) is 0.143. The zero-order chi connectivity index (χ0) is 14.0. The third-order valence-corrected chi connectivity index (χ3v) is 4.70. The molecule has 0 saturated carbocycles. The molecule has 19 heavy (non-hydrogen) atoms. The summed E-state index contributed by atoms with van der Waals surface area (Å²) in [6.07, 6.45) is 0. The lowest BCUT2D eigenvalue weighted by Crippen LogP contribution is -2.22. The van der Waals surface area contributed by atoms with Crippen LogP contribution in [-0.4, -0.2) is 31.9 Å². The number of aromatic hydroxyl groups is 1. The maximum absolute atomic E-state index is 12.3. The Morgan fingerprint density at radius 3 is 2.11 bits per heavy atom. The van der Waals surface area contributed by atoms with Crippen molar-refractivity contribution in [2.45, 2.75) is 4.90 Å². The van der Waals surface area contributed by atoms with Crippen LogP contribution in [0.3, 0.4) is 0 Å². The minimum absolute atomic E-state index is 0.150. The van der Waals surface area contributed by atoms with Gasteiger partial charge in [0.15, 0.2) is 0 Å². The van der Waals surface area contributed by atoms with Crippen LogP contribution in [0.1, 0.15) is 0 Å². The van der Waals surface area contributed by atoms with Crippen LogP contribution in [0.5, 0.6) is 5.75 Å². The van der Waals surface area contributed by atoms with E-state index in [2.05, 4.69) is 0 Å². The third-order valence-electron chi connectivity index (χ3n) is 2.82. The Kier molecular flexibility index (Phi) is 3.59.